The fourth-order valence-corrected chi connectivity index (χ4v) is 8.71. The number of nitrogens with zero attached hydrogens (tertiary/aromatic N) is 2. The number of rotatable bonds is 6. The Hall–Kier alpha value is -5.64. The van der Waals surface area contributed by atoms with Gasteiger partial charge in [-0.25, -0.2) is 9.59 Å². The number of esters is 2. The van der Waals surface area contributed by atoms with Crippen LogP contribution in [0.1, 0.15) is 33.6 Å². The van der Waals surface area contributed by atoms with E-state index in [0.717, 1.165) is 12.8 Å². The molecule has 0 spiro atoms. The lowest BCUT2D eigenvalue weighted by molar-refractivity contribution is -0.124. The van der Waals surface area contributed by atoms with Gasteiger partial charge in [-0.3, -0.25) is 29.0 Å². The number of carbonyl (C=O) groups is 6. The van der Waals surface area contributed by atoms with Gasteiger partial charge in [-0.2, -0.15) is 0 Å². The predicted octanol–water partition coefficient (Wildman–Crippen LogP) is 4.75. The molecule has 8 atom stereocenters. The van der Waals surface area contributed by atoms with Gasteiger partial charge in [0.2, 0.25) is 23.6 Å². The normalized spacial score (nSPS) is 30.4. The number of ether oxygens (including phenoxy) is 2. The lowest BCUT2D eigenvalue weighted by Crippen LogP contribution is -2.32. The first-order valence-electron chi connectivity index (χ1n) is 16.1. The quantitative estimate of drug-likeness (QED) is 0.164. The summed E-state index contributed by atoms with van der Waals surface area (Å²) in [4.78, 5) is 80.4. The molecule has 2 heterocycles. The maximum atomic E-state index is 13.1. The van der Waals surface area contributed by atoms with Crippen molar-refractivity contribution < 1.29 is 38.2 Å². The van der Waals surface area contributed by atoms with Crippen LogP contribution in [0.15, 0.2) is 97.1 Å². The number of benzene rings is 3. The van der Waals surface area contributed by atoms with Crippen LogP contribution in [-0.4, -0.2) is 35.6 Å². The van der Waals surface area contributed by atoms with E-state index in [0.29, 0.717) is 11.4 Å². The molecular formula is C38H28N2O8. The molecule has 4 bridgehead atoms. The zero-order valence-corrected chi connectivity index (χ0v) is 25.4. The summed E-state index contributed by atoms with van der Waals surface area (Å²) in [6.07, 6.45) is 9.89. The molecular weight excluding hydrogens is 612 g/mol. The average Bonchev–Trinajstić information content (AvgIpc) is 3.95. The van der Waals surface area contributed by atoms with E-state index in [-0.39, 0.29) is 93.6 Å². The van der Waals surface area contributed by atoms with Crippen LogP contribution in [0.4, 0.5) is 11.4 Å². The molecule has 0 aromatic heterocycles. The van der Waals surface area contributed by atoms with Crippen molar-refractivity contribution in [1.82, 2.24) is 0 Å². The third-order valence-electron chi connectivity index (χ3n) is 10.9. The minimum atomic E-state index is -0.632. The Morgan fingerprint density at radius 2 is 0.750 bits per heavy atom. The second-order valence-electron chi connectivity index (χ2n) is 13.4. The Morgan fingerprint density at radius 1 is 0.458 bits per heavy atom. The van der Waals surface area contributed by atoms with E-state index in [4.69, 9.17) is 9.47 Å². The molecule has 3 aromatic carbocycles. The topological polar surface area (TPSA) is 127 Å². The first-order chi connectivity index (χ1) is 23.3. The number of hydrogen-bond acceptors (Lipinski definition) is 8. The molecule has 2 saturated carbocycles. The van der Waals surface area contributed by atoms with Crippen LogP contribution in [0.25, 0.3) is 0 Å². The minimum absolute atomic E-state index is 0.117. The summed E-state index contributed by atoms with van der Waals surface area (Å²) < 4.78 is 10.9. The van der Waals surface area contributed by atoms with Crippen molar-refractivity contribution in [2.75, 3.05) is 9.80 Å². The summed E-state index contributed by atoms with van der Waals surface area (Å²) in [6.45, 7) is 0. The van der Waals surface area contributed by atoms with Gasteiger partial charge in [0.15, 0.2) is 0 Å². The molecule has 3 aromatic rings. The molecule has 2 aliphatic heterocycles. The Balaban J connectivity index is 0.810. The van der Waals surface area contributed by atoms with Gasteiger partial charge < -0.3 is 9.47 Å². The fraction of sp³-hybridized carbons (Fsp3) is 0.263. The number of anilines is 2. The smallest absolute Gasteiger partial charge is 0.343 e. The van der Waals surface area contributed by atoms with Crippen molar-refractivity contribution in [2.45, 2.75) is 12.8 Å². The third kappa shape index (κ3) is 4.18. The second-order valence-corrected chi connectivity index (χ2v) is 13.4. The maximum absolute atomic E-state index is 13.1. The lowest BCUT2D eigenvalue weighted by Gasteiger charge is -2.17. The summed E-state index contributed by atoms with van der Waals surface area (Å²) >= 11 is 0. The van der Waals surface area contributed by atoms with E-state index in [1.54, 1.807) is 24.3 Å². The van der Waals surface area contributed by atoms with Crippen LogP contribution in [-0.2, 0) is 19.2 Å². The van der Waals surface area contributed by atoms with Crippen molar-refractivity contribution in [3.05, 3.63) is 108 Å². The molecule has 48 heavy (non-hydrogen) atoms. The number of allylic oxidation sites excluding steroid dienone is 4. The van der Waals surface area contributed by atoms with Gasteiger partial charge in [0.25, 0.3) is 0 Å². The SMILES string of the molecule is O=C(Oc1ccc(OC(=O)c2ccc(N3C(=O)C4C5C=CC(C5)C4C3=O)cc2)cc1)c1ccc(N2C(=O)C3C4C=CC(C4)C3C2=O)cc1. The molecule has 6 aliphatic rings. The number of fused-ring (bicyclic) bond motifs is 10. The number of imide groups is 2. The van der Waals surface area contributed by atoms with E-state index >= 15 is 0 Å². The van der Waals surface area contributed by atoms with Crippen molar-refractivity contribution in [3.63, 3.8) is 0 Å². The number of hydrogen-bond donors (Lipinski definition) is 0. The van der Waals surface area contributed by atoms with Gasteiger partial charge in [0, 0.05) is 0 Å². The van der Waals surface area contributed by atoms with Crippen LogP contribution in [0, 0.1) is 47.3 Å². The molecule has 4 amide bonds. The van der Waals surface area contributed by atoms with Gasteiger partial charge in [0.05, 0.1) is 46.2 Å². The number of carbonyl (C=O) groups excluding carboxylic acids is 6. The third-order valence-corrected chi connectivity index (χ3v) is 10.9. The monoisotopic (exact) mass is 640 g/mol. The molecule has 9 rings (SSSR count). The van der Waals surface area contributed by atoms with E-state index in [9.17, 15) is 28.8 Å². The Kier molecular flexibility index (Phi) is 6.21. The molecule has 238 valence electrons. The van der Waals surface area contributed by atoms with Crippen molar-refractivity contribution in [3.8, 4) is 11.5 Å². The summed E-state index contributed by atoms with van der Waals surface area (Å²) in [5.41, 5.74) is 1.34. The van der Waals surface area contributed by atoms with Gasteiger partial charge in [-0.15, -0.1) is 0 Å². The molecule has 10 nitrogen and oxygen atoms in total. The standard InChI is InChI=1S/C38H28N2O8/c41-33-29-21-1-2-22(17-21)30(29)34(42)39(33)25-9-5-19(6-10-25)37(45)47-27-13-15-28(16-14-27)48-38(46)20-7-11-26(12-8-20)40-35(43)31-23-3-4-24(18-23)32(31)36(40)44/h1-16,21-24,29-32H,17-18H2. The predicted molar refractivity (Wildman–Crippen MR) is 170 cm³/mol. The van der Waals surface area contributed by atoms with Crippen molar-refractivity contribution >= 4 is 46.9 Å². The largest absolute Gasteiger partial charge is 0.423 e. The minimum Gasteiger partial charge on any atom is -0.423 e. The molecule has 0 radical (unpaired) electrons. The van der Waals surface area contributed by atoms with Gasteiger partial charge in [0.1, 0.15) is 11.5 Å². The van der Waals surface area contributed by atoms with Crippen molar-refractivity contribution in [2.24, 2.45) is 47.3 Å². The zero-order chi connectivity index (χ0) is 32.8. The number of amides is 4. The molecule has 10 heteroatoms. The lowest BCUT2D eigenvalue weighted by atomic mass is 9.85. The van der Waals surface area contributed by atoms with E-state index in [2.05, 4.69) is 0 Å². The van der Waals surface area contributed by atoms with E-state index in [1.807, 2.05) is 24.3 Å². The van der Waals surface area contributed by atoms with Crippen LogP contribution in [0.2, 0.25) is 0 Å². The van der Waals surface area contributed by atoms with Gasteiger partial charge >= 0.3 is 11.9 Å². The summed E-state index contributed by atoms with van der Waals surface area (Å²) in [6, 6.07) is 18.3. The zero-order valence-electron chi connectivity index (χ0n) is 25.4. The Morgan fingerprint density at radius 3 is 1.04 bits per heavy atom. The first-order valence-corrected chi connectivity index (χ1v) is 16.1. The Bertz CT molecular complexity index is 1790. The van der Waals surface area contributed by atoms with Gasteiger partial charge in [-0.05, 0) is 109 Å². The Labute approximate surface area is 274 Å². The highest BCUT2D eigenvalue weighted by Gasteiger charge is 2.60. The van der Waals surface area contributed by atoms with Crippen molar-refractivity contribution in [1.29, 1.82) is 0 Å². The summed E-state index contributed by atoms with van der Waals surface area (Å²) in [5, 5.41) is 0. The molecule has 4 aliphatic carbocycles. The molecule has 2 saturated heterocycles. The van der Waals surface area contributed by atoms with Gasteiger partial charge in [-0.1, -0.05) is 24.3 Å². The fourth-order valence-electron chi connectivity index (χ4n) is 8.71. The van der Waals surface area contributed by atoms with Crippen LogP contribution < -0.4 is 19.3 Å². The highest BCUT2D eigenvalue weighted by Crippen LogP contribution is 2.54. The van der Waals surface area contributed by atoms with Crippen LogP contribution in [0.5, 0.6) is 11.5 Å². The summed E-state index contributed by atoms with van der Waals surface area (Å²) in [7, 11) is 0. The molecule has 4 fully saturated rings. The second kappa shape index (κ2) is 10.4. The maximum Gasteiger partial charge on any atom is 0.343 e. The average molecular weight is 641 g/mol. The first kappa shape index (κ1) is 28.6. The molecule has 0 N–H and O–H groups in total. The van der Waals surface area contributed by atoms with E-state index in [1.165, 1.54) is 58.3 Å². The van der Waals surface area contributed by atoms with Crippen LogP contribution in [0.3, 0.4) is 0 Å². The highest BCUT2D eigenvalue weighted by molar-refractivity contribution is 6.23. The van der Waals surface area contributed by atoms with Crippen LogP contribution >= 0.6 is 0 Å². The highest BCUT2D eigenvalue weighted by atomic mass is 16.5. The van der Waals surface area contributed by atoms with E-state index < -0.39 is 11.9 Å². The summed E-state index contributed by atoms with van der Waals surface area (Å²) in [5.74, 6) is -2.28. The molecule has 8 unspecified atom stereocenters.